The third-order valence-corrected chi connectivity index (χ3v) is 5.58. The Hall–Kier alpha value is -3.59. The first-order chi connectivity index (χ1) is 14.7. The minimum absolute atomic E-state index is 0.157. The first kappa shape index (κ1) is 20.7. The van der Waals surface area contributed by atoms with E-state index in [0.29, 0.717) is 22.1 Å². The van der Waals surface area contributed by atoms with Gasteiger partial charge in [-0.1, -0.05) is 42.1 Å². The van der Waals surface area contributed by atoms with Crippen LogP contribution in [0.1, 0.15) is 21.5 Å². The maximum Gasteiger partial charge on any atom is 0.416 e. The molecule has 1 aliphatic heterocycles. The van der Waals surface area contributed by atoms with Crippen molar-refractivity contribution in [3.05, 3.63) is 98.4 Å². The van der Waals surface area contributed by atoms with E-state index in [1.807, 2.05) is 12.1 Å². The Kier molecular flexibility index (Phi) is 5.28. The maximum absolute atomic E-state index is 12.9. The highest BCUT2D eigenvalue weighted by molar-refractivity contribution is 8.04. The third-order valence-electron chi connectivity index (χ3n) is 4.48. The lowest BCUT2D eigenvalue weighted by Crippen LogP contribution is -2.06. The summed E-state index contributed by atoms with van der Waals surface area (Å²) in [7, 11) is 0. The van der Waals surface area contributed by atoms with Gasteiger partial charge >= 0.3 is 11.9 Å². The second-order valence-electron chi connectivity index (χ2n) is 6.51. The van der Waals surface area contributed by atoms with Gasteiger partial charge in [-0.15, -0.1) is 0 Å². The average molecular weight is 443 g/mol. The lowest BCUT2D eigenvalue weighted by Gasteiger charge is -2.11. The topological polar surface area (TPSA) is 69.4 Å². The number of hydrogen-bond donors (Lipinski definition) is 0. The van der Waals surface area contributed by atoms with Gasteiger partial charge in [-0.2, -0.15) is 13.2 Å². The van der Waals surface area contributed by atoms with Gasteiger partial charge in [0, 0.05) is 22.1 Å². The number of nitro benzene ring substituents is 1. The zero-order chi connectivity index (χ0) is 22.2. The molecule has 0 saturated heterocycles. The van der Waals surface area contributed by atoms with Crippen molar-refractivity contribution in [2.24, 2.45) is 0 Å². The number of ketones is 1. The van der Waals surface area contributed by atoms with E-state index in [4.69, 9.17) is 4.74 Å². The van der Waals surface area contributed by atoms with Crippen molar-refractivity contribution in [1.29, 1.82) is 0 Å². The molecule has 0 aliphatic carbocycles. The summed E-state index contributed by atoms with van der Waals surface area (Å²) in [5.41, 5.74) is -0.917. The van der Waals surface area contributed by atoms with E-state index in [1.165, 1.54) is 17.8 Å². The highest BCUT2D eigenvalue weighted by Crippen LogP contribution is 2.42. The van der Waals surface area contributed by atoms with E-state index in [1.54, 1.807) is 36.4 Å². The van der Waals surface area contributed by atoms with Gasteiger partial charge in [0.1, 0.15) is 5.75 Å². The van der Waals surface area contributed by atoms with E-state index in [9.17, 15) is 28.1 Å². The van der Waals surface area contributed by atoms with Gasteiger partial charge < -0.3 is 4.74 Å². The predicted octanol–water partition coefficient (Wildman–Crippen LogP) is 6.74. The Morgan fingerprint density at radius 2 is 1.68 bits per heavy atom. The molecule has 3 aromatic carbocycles. The fraction of sp³-hybridized carbons (Fsp3) is 0.0455. The predicted molar refractivity (Wildman–Crippen MR) is 109 cm³/mol. The van der Waals surface area contributed by atoms with Gasteiger partial charge in [0.2, 0.25) is 11.5 Å². The van der Waals surface area contributed by atoms with Gasteiger partial charge in [-0.25, -0.2) is 0 Å². The molecule has 9 heteroatoms. The van der Waals surface area contributed by atoms with Crippen molar-refractivity contribution >= 4 is 29.3 Å². The van der Waals surface area contributed by atoms with Crippen LogP contribution in [0.25, 0.3) is 6.08 Å². The second kappa shape index (κ2) is 7.92. The van der Waals surface area contributed by atoms with Crippen molar-refractivity contribution in [2.45, 2.75) is 11.1 Å². The number of fused-ring (bicyclic) bond motifs is 1. The third kappa shape index (κ3) is 4.17. The Morgan fingerprint density at radius 3 is 2.39 bits per heavy atom. The molecule has 0 bridgehead atoms. The van der Waals surface area contributed by atoms with E-state index in [-0.39, 0.29) is 17.3 Å². The number of rotatable bonds is 4. The van der Waals surface area contributed by atoms with Crippen LogP contribution in [0.3, 0.4) is 0 Å². The van der Waals surface area contributed by atoms with Crippen molar-refractivity contribution < 1.29 is 27.6 Å². The summed E-state index contributed by atoms with van der Waals surface area (Å²) >= 11 is 1.29. The van der Waals surface area contributed by atoms with E-state index in [0.717, 1.165) is 17.0 Å². The Bertz CT molecular complexity index is 1240. The first-order valence-corrected chi connectivity index (χ1v) is 9.71. The molecular weight excluding hydrogens is 431 g/mol. The molecule has 5 nitrogen and oxygen atoms in total. The molecule has 0 aromatic heterocycles. The van der Waals surface area contributed by atoms with Crippen LogP contribution in [0.15, 0.2) is 76.5 Å². The quantitative estimate of drug-likeness (QED) is 0.254. The van der Waals surface area contributed by atoms with E-state index < -0.39 is 22.4 Å². The fourth-order valence-electron chi connectivity index (χ4n) is 3.01. The molecule has 31 heavy (non-hydrogen) atoms. The number of Topliss-reactive ketones (excluding diaryl/α,β-unsaturated/α-hetero) is 1. The van der Waals surface area contributed by atoms with Gasteiger partial charge in [0.05, 0.1) is 15.4 Å². The van der Waals surface area contributed by atoms with Gasteiger partial charge in [-0.05, 0) is 36.4 Å². The van der Waals surface area contributed by atoms with Crippen LogP contribution in [0, 0.1) is 10.1 Å². The number of para-hydroxylation sites is 1. The number of carbonyl (C=O) groups excluding carboxylic acids is 1. The molecular formula is C22H12F3NO4S. The van der Waals surface area contributed by atoms with Gasteiger partial charge in [-0.3, -0.25) is 14.9 Å². The minimum atomic E-state index is -4.72. The lowest BCUT2D eigenvalue weighted by atomic mass is 10.1. The number of benzene rings is 3. The zero-order valence-corrected chi connectivity index (χ0v) is 16.4. The molecule has 0 amide bonds. The van der Waals surface area contributed by atoms with Crippen molar-refractivity contribution in [2.75, 3.05) is 0 Å². The van der Waals surface area contributed by atoms with Gasteiger partial charge in [0.25, 0.3) is 0 Å². The molecule has 1 heterocycles. The molecule has 4 rings (SSSR count). The standard InChI is InChI=1S/C22H12F3NO4S/c23-22(24,25)14-9-10-18(16(12-14)26(28)29)30-17-7-3-1-5-13(17)11-20-21(27)15-6-2-4-8-19(15)31-20/h1-12H/b20-11-. The highest BCUT2D eigenvalue weighted by atomic mass is 32.2. The number of allylic oxidation sites excluding steroid dienone is 1. The molecule has 0 unspecified atom stereocenters. The summed E-state index contributed by atoms with van der Waals surface area (Å²) in [5, 5.41) is 11.3. The number of ether oxygens (including phenoxy) is 1. The summed E-state index contributed by atoms with van der Waals surface area (Å²) < 4.78 is 44.4. The summed E-state index contributed by atoms with van der Waals surface area (Å²) in [6.07, 6.45) is -3.13. The molecule has 0 spiro atoms. The van der Waals surface area contributed by atoms with E-state index >= 15 is 0 Å². The summed E-state index contributed by atoms with van der Waals surface area (Å²) in [6, 6.07) is 15.7. The van der Waals surface area contributed by atoms with Crippen LogP contribution < -0.4 is 4.74 Å². The minimum Gasteiger partial charge on any atom is -0.449 e. The normalized spacial score (nSPS) is 14.5. The second-order valence-corrected chi connectivity index (χ2v) is 7.60. The Labute approximate surface area is 178 Å². The molecule has 3 aromatic rings. The highest BCUT2D eigenvalue weighted by Gasteiger charge is 2.33. The van der Waals surface area contributed by atoms with Crippen LogP contribution in [0.2, 0.25) is 0 Å². The maximum atomic E-state index is 12.9. The summed E-state index contributed by atoms with van der Waals surface area (Å²) in [4.78, 5) is 24.3. The van der Waals surface area contributed by atoms with Crippen LogP contribution in [-0.4, -0.2) is 10.7 Å². The van der Waals surface area contributed by atoms with Crippen LogP contribution in [0.4, 0.5) is 18.9 Å². The average Bonchev–Trinajstić information content (AvgIpc) is 3.04. The molecule has 0 N–H and O–H groups in total. The number of hydrogen-bond acceptors (Lipinski definition) is 5. The number of alkyl halides is 3. The first-order valence-electron chi connectivity index (χ1n) is 8.90. The molecule has 156 valence electrons. The smallest absolute Gasteiger partial charge is 0.416 e. The number of carbonyl (C=O) groups is 1. The fourth-order valence-corrected chi connectivity index (χ4v) is 4.05. The van der Waals surface area contributed by atoms with Crippen molar-refractivity contribution in [1.82, 2.24) is 0 Å². The number of thioether (sulfide) groups is 1. The van der Waals surface area contributed by atoms with Crippen molar-refractivity contribution in [3.63, 3.8) is 0 Å². The van der Waals surface area contributed by atoms with Crippen LogP contribution in [-0.2, 0) is 6.18 Å². The molecule has 0 fully saturated rings. The number of nitrogens with zero attached hydrogens (tertiary/aromatic N) is 1. The zero-order valence-electron chi connectivity index (χ0n) is 15.6. The van der Waals surface area contributed by atoms with Crippen LogP contribution >= 0.6 is 11.8 Å². The van der Waals surface area contributed by atoms with Crippen LogP contribution in [0.5, 0.6) is 11.5 Å². The largest absolute Gasteiger partial charge is 0.449 e. The Balaban J connectivity index is 1.70. The SMILES string of the molecule is O=C1/C(=C/c2ccccc2Oc2ccc(C(F)(F)F)cc2[N+](=O)[O-])Sc2ccccc21. The molecule has 0 radical (unpaired) electrons. The van der Waals surface area contributed by atoms with Crippen molar-refractivity contribution in [3.8, 4) is 11.5 Å². The van der Waals surface area contributed by atoms with E-state index in [2.05, 4.69) is 0 Å². The molecule has 1 aliphatic rings. The Morgan fingerprint density at radius 1 is 0.968 bits per heavy atom. The number of halogens is 3. The summed E-state index contributed by atoms with van der Waals surface area (Å²) in [6.45, 7) is 0. The van der Waals surface area contributed by atoms with Gasteiger partial charge in [0.15, 0.2) is 0 Å². The number of nitro groups is 1. The summed E-state index contributed by atoms with van der Waals surface area (Å²) in [5.74, 6) is -0.323. The lowest BCUT2D eigenvalue weighted by molar-refractivity contribution is -0.385. The monoisotopic (exact) mass is 443 g/mol. The molecule has 0 atom stereocenters. The molecule has 0 saturated carbocycles.